The Morgan fingerprint density at radius 2 is 1.45 bits per heavy atom. The third kappa shape index (κ3) is 7.44. The maximum atomic E-state index is 13.9. The van der Waals surface area contributed by atoms with Gasteiger partial charge in [0, 0.05) is 12.6 Å². The summed E-state index contributed by atoms with van der Waals surface area (Å²) in [6.07, 6.45) is 0.934. The second-order valence-corrected chi connectivity index (χ2v) is 11.4. The van der Waals surface area contributed by atoms with E-state index in [4.69, 9.17) is 0 Å². The van der Waals surface area contributed by atoms with Gasteiger partial charge in [0.25, 0.3) is 10.0 Å². The molecule has 1 unspecified atom stereocenters. The number of nitrogens with zero attached hydrogens (tertiary/aromatic N) is 2. The summed E-state index contributed by atoms with van der Waals surface area (Å²) in [6, 6.07) is 24.0. The minimum atomic E-state index is -4.05. The Bertz CT molecular complexity index is 1290. The SMILES string of the molecule is CCC(C(=O)NC(C)C)N(CCc1ccccc1)C(=O)CN(c1ccccc1)S(=O)(=O)c1ccc(C)cc1. The highest BCUT2D eigenvalue weighted by molar-refractivity contribution is 7.92. The van der Waals surface area contributed by atoms with Gasteiger partial charge in [0.05, 0.1) is 10.6 Å². The van der Waals surface area contributed by atoms with Crippen LogP contribution in [0.5, 0.6) is 0 Å². The highest BCUT2D eigenvalue weighted by Gasteiger charge is 2.33. The van der Waals surface area contributed by atoms with Crippen LogP contribution in [-0.4, -0.2) is 50.3 Å². The zero-order chi connectivity index (χ0) is 27.7. The van der Waals surface area contributed by atoms with Crippen LogP contribution in [0.15, 0.2) is 89.8 Å². The smallest absolute Gasteiger partial charge is 0.264 e. The lowest BCUT2D eigenvalue weighted by molar-refractivity contribution is -0.139. The molecule has 202 valence electrons. The Balaban J connectivity index is 1.98. The number of nitrogens with one attached hydrogen (secondary N) is 1. The number of amides is 2. The Morgan fingerprint density at radius 1 is 0.868 bits per heavy atom. The fraction of sp³-hybridized carbons (Fsp3) is 0.333. The third-order valence-corrected chi connectivity index (χ3v) is 8.02. The predicted octanol–water partition coefficient (Wildman–Crippen LogP) is 4.56. The monoisotopic (exact) mass is 535 g/mol. The van der Waals surface area contributed by atoms with Crippen LogP contribution in [0.1, 0.15) is 38.3 Å². The van der Waals surface area contributed by atoms with Gasteiger partial charge in [-0.05, 0) is 63.4 Å². The Kier molecular flexibility index (Phi) is 10.1. The number of anilines is 1. The molecule has 1 atom stereocenters. The van der Waals surface area contributed by atoms with E-state index in [2.05, 4.69) is 5.32 Å². The quantitative estimate of drug-likeness (QED) is 0.368. The van der Waals surface area contributed by atoms with Gasteiger partial charge in [-0.3, -0.25) is 13.9 Å². The number of aryl methyl sites for hydroxylation is 1. The van der Waals surface area contributed by atoms with Gasteiger partial charge in [-0.15, -0.1) is 0 Å². The van der Waals surface area contributed by atoms with Gasteiger partial charge >= 0.3 is 0 Å². The summed E-state index contributed by atoms with van der Waals surface area (Å²) in [6.45, 7) is 7.32. The van der Waals surface area contributed by atoms with Gasteiger partial charge in [-0.2, -0.15) is 0 Å². The van der Waals surface area contributed by atoms with Gasteiger partial charge in [0.15, 0.2) is 0 Å². The van der Waals surface area contributed by atoms with Crippen molar-refractivity contribution < 1.29 is 18.0 Å². The summed E-state index contributed by atoms with van der Waals surface area (Å²) in [4.78, 5) is 28.6. The molecule has 8 heteroatoms. The van der Waals surface area contributed by atoms with Gasteiger partial charge in [-0.25, -0.2) is 8.42 Å². The minimum Gasteiger partial charge on any atom is -0.352 e. The number of hydrogen-bond donors (Lipinski definition) is 1. The van der Waals surface area contributed by atoms with Crippen molar-refractivity contribution in [1.82, 2.24) is 10.2 Å². The molecule has 0 aliphatic carbocycles. The van der Waals surface area contributed by atoms with Crippen LogP contribution in [0, 0.1) is 6.92 Å². The van der Waals surface area contributed by atoms with E-state index in [0.29, 0.717) is 18.5 Å². The molecule has 3 aromatic rings. The number of hydrogen-bond acceptors (Lipinski definition) is 4. The van der Waals surface area contributed by atoms with Crippen LogP contribution in [-0.2, 0) is 26.0 Å². The summed E-state index contributed by atoms with van der Waals surface area (Å²) in [5.41, 5.74) is 2.33. The summed E-state index contributed by atoms with van der Waals surface area (Å²) >= 11 is 0. The van der Waals surface area contributed by atoms with Crippen molar-refractivity contribution in [3.8, 4) is 0 Å². The maximum Gasteiger partial charge on any atom is 0.264 e. The number of rotatable bonds is 12. The third-order valence-electron chi connectivity index (χ3n) is 6.23. The number of para-hydroxylation sites is 1. The molecule has 1 N–H and O–H groups in total. The van der Waals surface area contributed by atoms with Gasteiger partial charge in [-0.1, -0.05) is 73.2 Å². The molecule has 38 heavy (non-hydrogen) atoms. The van der Waals surface area contributed by atoms with Crippen molar-refractivity contribution in [3.63, 3.8) is 0 Å². The van der Waals surface area contributed by atoms with E-state index in [0.717, 1.165) is 15.4 Å². The highest BCUT2D eigenvalue weighted by Crippen LogP contribution is 2.24. The Hall–Kier alpha value is -3.65. The van der Waals surface area contributed by atoms with Crippen molar-refractivity contribution in [2.45, 2.75) is 57.5 Å². The predicted molar refractivity (Wildman–Crippen MR) is 151 cm³/mol. The van der Waals surface area contributed by atoms with E-state index in [-0.39, 0.29) is 23.4 Å². The second-order valence-electron chi connectivity index (χ2n) is 9.57. The number of sulfonamides is 1. The average molecular weight is 536 g/mol. The van der Waals surface area contributed by atoms with Crippen LogP contribution in [0.4, 0.5) is 5.69 Å². The first-order valence-corrected chi connectivity index (χ1v) is 14.4. The van der Waals surface area contributed by atoms with Crippen LogP contribution in [0.25, 0.3) is 0 Å². The molecule has 0 radical (unpaired) electrons. The van der Waals surface area contributed by atoms with Crippen LogP contribution >= 0.6 is 0 Å². The molecule has 7 nitrogen and oxygen atoms in total. The second kappa shape index (κ2) is 13.2. The fourth-order valence-corrected chi connectivity index (χ4v) is 5.65. The number of benzene rings is 3. The lowest BCUT2D eigenvalue weighted by atomic mass is 10.1. The van der Waals surface area contributed by atoms with Crippen molar-refractivity contribution in [3.05, 3.63) is 96.1 Å². The van der Waals surface area contributed by atoms with Crippen LogP contribution in [0.2, 0.25) is 0 Å². The molecule has 0 aliphatic rings. The van der Waals surface area contributed by atoms with E-state index in [1.165, 1.54) is 4.90 Å². The molecule has 0 heterocycles. The van der Waals surface area contributed by atoms with Gasteiger partial charge in [0.1, 0.15) is 12.6 Å². The van der Waals surface area contributed by atoms with Crippen molar-refractivity contribution >= 4 is 27.5 Å². The van der Waals surface area contributed by atoms with E-state index < -0.39 is 28.5 Å². The highest BCUT2D eigenvalue weighted by atomic mass is 32.2. The Labute approximate surface area is 226 Å². The molecule has 0 spiro atoms. The van der Waals surface area contributed by atoms with E-state index in [1.807, 2.05) is 58.0 Å². The molecular formula is C30H37N3O4S. The largest absolute Gasteiger partial charge is 0.352 e. The topological polar surface area (TPSA) is 86.8 Å². The Morgan fingerprint density at radius 3 is 2.00 bits per heavy atom. The summed E-state index contributed by atoms with van der Waals surface area (Å²) < 4.78 is 28.7. The normalized spacial score (nSPS) is 12.1. The zero-order valence-corrected chi connectivity index (χ0v) is 23.3. The van der Waals surface area contributed by atoms with Gasteiger partial charge < -0.3 is 10.2 Å². The standard InChI is InChI=1S/C30H37N3O4S/c1-5-28(30(35)31-23(2)3)32(21-20-25-12-8-6-9-13-25)29(34)22-33(26-14-10-7-11-15-26)38(36,37)27-18-16-24(4)17-19-27/h6-19,23,28H,5,20-22H2,1-4H3,(H,31,35). The molecule has 0 saturated heterocycles. The zero-order valence-electron chi connectivity index (χ0n) is 22.5. The lowest BCUT2D eigenvalue weighted by Crippen LogP contribution is -2.54. The molecule has 0 aromatic heterocycles. The molecule has 3 rings (SSSR count). The van der Waals surface area contributed by atoms with E-state index >= 15 is 0 Å². The summed E-state index contributed by atoms with van der Waals surface area (Å²) in [7, 11) is -4.05. The maximum absolute atomic E-state index is 13.9. The van der Waals surface area contributed by atoms with E-state index in [1.54, 1.807) is 54.6 Å². The van der Waals surface area contributed by atoms with Crippen LogP contribution in [0.3, 0.4) is 0 Å². The van der Waals surface area contributed by atoms with Gasteiger partial charge in [0.2, 0.25) is 11.8 Å². The first kappa shape index (κ1) is 28.9. The van der Waals surface area contributed by atoms with Crippen molar-refractivity contribution in [2.75, 3.05) is 17.4 Å². The molecule has 3 aromatic carbocycles. The summed E-state index contributed by atoms with van der Waals surface area (Å²) in [5, 5.41) is 2.91. The molecule has 0 saturated carbocycles. The fourth-order valence-electron chi connectivity index (χ4n) is 4.24. The lowest BCUT2D eigenvalue weighted by Gasteiger charge is -2.33. The molecule has 0 fully saturated rings. The molecular weight excluding hydrogens is 498 g/mol. The van der Waals surface area contributed by atoms with E-state index in [9.17, 15) is 18.0 Å². The first-order valence-electron chi connectivity index (χ1n) is 12.9. The minimum absolute atomic E-state index is 0.0923. The van der Waals surface area contributed by atoms with Crippen molar-refractivity contribution in [2.24, 2.45) is 0 Å². The molecule has 2 amide bonds. The first-order chi connectivity index (χ1) is 18.1. The average Bonchev–Trinajstić information content (AvgIpc) is 2.90. The van der Waals surface area contributed by atoms with Crippen LogP contribution < -0.4 is 9.62 Å². The van der Waals surface area contributed by atoms with Crippen molar-refractivity contribution in [1.29, 1.82) is 0 Å². The number of carbonyl (C=O) groups is 2. The number of carbonyl (C=O) groups excluding carboxylic acids is 2. The molecule has 0 aliphatic heterocycles. The summed E-state index contributed by atoms with van der Waals surface area (Å²) in [5.74, 6) is -0.692. The molecule has 0 bridgehead atoms.